The summed E-state index contributed by atoms with van der Waals surface area (Å²) in [5, 5.41) is 4.03. The summed E-state index contributed by atoms with van der Waals surface area (Å²) in [6.45, 7) is 9.87. The highest BCUT2D eigenvalue weighted by Crippen LogP contribution is 2.33. The highest BCUT2D eigenvalue weighted by atomic mass is 35.5. The van der Waals surface area contributed by atoms with Crippen molar-refractivity contribution in [1.82, 2.24) is 9.88 Å². The largest absolute Gasteiger partial charge is 0.457 e. The molecular weight excluding hydrogens is 370 g/mol. The Balaban J connectivity index is 1.41. The molecule has 0 bridgehead atoms. The van der Waals surface area contributed by atoms with E-state index in [1.807, 2.05) is 6.07 Å². The summed E-state index contributed by atoms with van der Waals surface area (Å²) < 4.78 is 6.20. The molecule has 1 saturated carbocycles. The third kappa shape index (κ3) is 4.98. The summed E-state index contributed by atoms with van der Waals surface area (Å²) in [6.07, 6.45) is 5.14. The number of aromatic nitrogens is 1. The Morgan fingerprint density at radius 3 is 2.36 bits per heavy atom. The van der Waals surface area contributed by atoms with Gasteiger partial charge < -0.3 is 15.0 Å². The number of nitrogens with zero attached hydrogens (tertiary/aromatic N) is 2. The quantitative estimate of drug-likeness (QED) is 0.628. The monoisotopic (exact) mass is 399 g/mol. The summed E-state index contributed by atoms with van der Waals surface area (Å²) in [6, 6.07) is 8.46. The number of ether oxygens (including phenoxy) is 1. The molecule has 1 aliphatic heterocycles. The molecule has 2 aliphatic rings. The Hall–Kier alpha value is -1.78. The number of piperidine rings is 1. The molecule has 28 heavy (non-hydrogen) atoms. The number of anilines is 1. The van der Waals surface area contributed by atoms with Crippen LogP contribution in [0.25, 0.3) is 0 Å². The minimum Gasteiger partial charge on any atom is -0.457 e. The van der Waals surface area contributed by atoms with Crippen molar-refractivity contribution in [1.29, 1.82) is 0 Å². The van der Waals surface area contributed by atoms with Crippen molar-refractivity contribution in [2.24, 2.45) is 5.92 Å². The fraction of sp³-hybridized carbons (Fsp3) is 0.522. The van der Waals surface area contributed by atoms with Crippen LogP contribution in [-0.2, 0) is 0 Å². The number of hydrogen-bond acceptors (Lipinski definition) is 4. The Kier molecular flexibility index (Phi) is 5.79. The van der Waals surface area contributed by atoms with Crippen molar-refractivity contribution < 1.29 is 4.74 Å². The zero-order chi connectivity index (χ0) is 19.7. The summed E-state index contributed by atoms with van der Waals surface area (Å²) in [5.74, 6) is 3.38. The lowest BCUT2D eigenvalue weighted by Gasteiger charge is -2.32. The maximum absolute atomic E-state index is 6.29. The summed E-state index contributed by atoms with van der Waals surface area (Å²) in [4.78, 5) is 7.08. The van der Waals surface area contributed by atoms with Gasteiger partial charge in [0.1, 0.15) is 22.5 Å². The lowest BCUT2D eigenvalue weighted by molar-refractivity contribution is 0.211. The highest BCUT2D eigenvalue weighted by molar-refractivity contribution is 6.29. The first-order valence-electron chi connectivity index (χ1n) is 10.4. The van der Waals surface area contributed by atoms with Gasteiger partial charge in [0, 0.05) is 37.8 Å². The maximum atomic E-state index is 6.29. The van der Waals surface area contributed by atoms with E-state index in [4.69, 9.17) is 16.3 Å². The van der Waals surface area contributed by atoms with Crippen molar-refractivity contribution in [2.45, 2.75) is 52.5 Å². The average molecular weight is 400 g/mol. The predicted octanol–water partition coefficient (Wildman–Crippen LogP) is 5.74. The fourth-order valence-corrected chi connectivity index (χ4v) is 4.39. The first-order valence-corrected chi connectivity index (χ1v) is 10.8. The maximum Gasteiger partial charge on any atom is 0.135 e. The van der Waals surface area contributed by atoms with Gasteiger partial charge in [0.05, 0.1) is 0 Å². The number of nitrogens with one attached hydrogen (secondary N) is 1. The Labute approximate surface area is 173 Å². The molecule has 4 rings (SSSR count). The summed E-state index contributed by atoms with van der Waals surface area (Å²) in [7, 11) is 0. The van der Waals surface area contributed by atoms with Crippen LogP contribution in [0.5, 0.6) is 11.5 Å². The first kappa shape index (κ1) is 19.5. The molecule has 1 aliphatic carbocycles. The smallest absolute Gasteiger partial charge is 0.135 e. The third-order valence-corrected chi connectivity index (χ3v) is 5.94. The van der Waals surface area contributed by atoms with Gasteiger partial charge in [-0.15, -0.1) is 0 Å². The van der Waals surface area contributed by atoms with Crippen LogP contribution in [0.2, 0.25) is 5.15 Å². The van der Waals surface area contributed by atoms with E-state index < -0.39 is 0 Å². The molecule has 2 aromatic rings. The second kappa shape index (κ2) is 8.30. The third-order valence-electron chi connectivity index (χ3n) is 5.75. The van der Waals surface area contributed by atoms with Crippen LogP contribution in [0.15, 0.2) is 24.3 Å². The summed E-state index contributed by atoms with van der Waals surface area (Å²) >= 11 is 6.29. The van der Waals surface area contributed by atoms with Gasteiger partial charge in [-0.3, -0.25) is 0 Å². The molecule has 2 heterocycles. The minimum absolute atomic E-state index is 0.442. The lowest BCUT2D eigenvalue weighted by Crippen LogP contribution is -2.40. The minimum atomic E-state index is 0.442. The zero-order valence-electron chi connectivity index (χ0n) is 17.1. The number of benzene rings is 1. The average Bonchev–Trinajstić information content (AvgIpc) is 3.43. The molecule has 2 fully saturated rings. The van der Waals surface area contributed by atoms with Gasteiger partial charge in [-0.1, -0.05) is 29.3 Å². The second-order valence-electron chi connectivity index (χ2n) is 8.50. The highest BCUT2D eigenvalue weighted by Gasteiger charge is 2.27. The molecule has 1 aromatic carbocycles. The molecule has 1 N–H and O–H groups in total. The van der Waals surface area contributed by atoms with E-state index in [2.05, 4.69) is 48.1 Å². The standard InChI is InChI=1S/C23H30ClN3O/c1-15-10-16(2)23(17(3)11-15)28-20-12-21(24)26-22(13-20)25-19-6-8-27(9-7-19)14-18-4-5-18/h10-13,18-19H,4-9,14H2,1-3H3,(H,25,26). The molecule has 0 amide bonds. The molecule has 1 saturated heterocycles. The van der Waals surface area contributed by atoms with E-state index in [1.165, 1.54) is 38.0 Å². The van der Waals surface area contributed by atoms with E-state index in [9.17, 15) is 0 Å². The van der Waals surface area contributed by atoms with E-state index >= 15 is 0 Å². The van der Waals surface area contributed by atoms with Crippen molar-refractivity contribution >= 4 is 17.4 Å². The second-order valence-corrected chi connectivity index (χ2v) is 8.89. The molecule has 0 spiro atoms. The van der Waals surface area contributed by atoms with E-state index in [-0.39, 0.29) is 0 Å². The molecule has 0 atom stereocenters. The Morgan fingerprint density at radius 2 is 1.71 bits per heavy atom. The van der Waals surface area contributed by atoms with Gasteiger partial charge in [0.2, 0.25) is 0 Å². The van der Waals surface area contributed by atoms with E-state index in [1.54, 1.807) is 6.07 Å². The topological polar surface area (TPSA) is 37.4 Å². The number of hydrogen-bond donors (Lipinski definition) is 1. The lowest BCUT2D eigenvalue weighted by atomic mass is 10.0. The SMILES string of the molecule is Cc1cc(C)c(Oc2cc(Cl)nc(NC3CCN(CC4CC4)CC3)c2)c(C)c1. The van der Waals surface area contributed by atoms with Crippen molar-refractivity contribution in [2.75, 3.05) is 25.0 Å². The van der Waals surface area contributed by atoms with Crippen LogP contribution in [0.4, 0.5) is 5.82 Å². The molecule has 5 heteroatoms. The van der Waals surface area contributed by atoms with Crippen LogP contribution >= 0.6 is 11.6 Å². The molecule has 1 aromatic heterocycles. The van der Waals surface area contributed by atoms with Crippen LogP contribution in [0.1, 0.15) is 42.4 Å². The number of rotatable bonds is 6. The van der Waals surface area contributed by atoms with Gasteiger partial charge in [-0.25, -0.2) is 4.98 Å². The summed E-state index contributed by atoms with van der Waals surface area (Å²) in [5.41, 5.74) is 3.50. The van der Waals surface area contributed by atoms with Crippen LogP contribution < -0.4 is 10.1 Å². The van der Waals surface area contributed by atoms with Crippen molar-refractivity contribution in [3.8, 4) is 11.5 Å². The van der Waals surface area contributed by atoms with Gasteiger partial charge in [0.15, 0.2) is 0 Å². The van der Waals surface area contributed by atoms with E-state index in [0.717, 1.165) is 47.2 Å². The molecular formula is C23H30ClN3O. The molecule has 0 radical (unpaired) electrons. The van der Waals surface area contributed by atoms with Crippen LogP contribution in [0, 0.1) is 26.7 Å². The van der Waals surface area contributed by atoms with Crippen LogP contribution in [0.3, 0.4) is 0 Å². The first-order chi connectivity index (χ1) is 13.5. The van der Waals surface area contributed by atoms with Crippen molar-refractivity contribution in [3.05, 3.63) is 46.1 Å². The zero-order valence-corrected chi connectivity index (χ0v) is 17.9. The Morgan fingerprint density at radius 1 is 1.04 bits per heavy atom. The van der Waals surface area contributed by atoms with Crippen molar-refractivity contribution in [3.63, 3.8) is 0 Å². The number of pyridine rings is 1. The fourth-order valence-electron chi connectivity index (χ4n) is 4.19. The van der Waals surface area contributed by atoms with Gasteiger partial charge in [0.25, 0.3) is 0 Å². The van der Waals surface area contributed by atoms with Gasteiger partial charge in [-0.2, -0.15) is 0 Å². The molecule has 0 unspecified atom stereocenters. The van der Waals surface area contributed by atoms with E-state index in [0.29, 0.717) is 11.2 Å². The Bertz CT molecular complexity index is 819. The number of aryl methyl sites for hydroxylation is 3. The normalized spacial score (nSPS) is 18.3. The molecule has 4 nitrogen and oxygen atoms in total. The predicted molar refractivity (Wildman–Crippen MR) is 116 cm³/mol. The molecule has 150 valence electrons. The van der Waals surface area contributed by atoms with Crippen LogP contribution in [-0.4, -0.2) is 35.6 Å². The van der Waals surface area contributed by atoms with Gasteiger partial charge >= 0.3 is 0 Å². The van der Waals surface area contributed by atoms with Gasteiger partial charge in [-0.05, 0) is 63.5 Å². The number of likely N-dealkylation sites (tertiary alicyclic amines) is 1. The number of halogens is 1.